The van der Waals surface area contributed by atoms with E-state index < -0.39 is 10.0 Å². The van der Waals surface area contributed by atoms with Crippen LogP contribution in [0.2, 0.25) is 0 Å². The number of benzene rings is 2. The second kappa shape index (κ2) is 6.34. The zero-order valence-electron chi connectivity index (χ0n) is 13.4. The lowest BCUT2D eigenvalue weighted by atomic mass is 10.3. The molecule has 1 heterocycles. The second-order valence-electron chi connectivity index (χ2n) is 5.42. The van der Waals surface area contributed by atoms with E-state index in [0.29, 0.717) is 21.6 Å². The molecule has 0 atom stereocenters. The minimum Gasteiger partial charge on any atom is -0.326 e. The van der Waals surface area contributed by atoms with Gasteiger partial charge in [-0.15, -0.1) is 0 Å². The zero-order chi connectivity index (χ0) is 18.2. The molecule has 0 spiro atoms. The van der Waals surface area contributed by atoms with Crippen LogP contribution in [0.5, 0.6) is 0 Å². The molecule has 7 nitrogen and oxygen atoms in total. The Morgan fingerprint density at radius 3 is 2.36 bits per heavy atom. The van der Waals surface area contributed by atoms with Crippen LogP contribution in [0, 0.1) is 0 Å². The lowest BCUT2D eigenvalue weighted by molar-refractivity contribution is -0.114. The van der Waals surface area contributed by atoms with Crippen molar-refractivity contribution in [2.45, 2.75) is 11.8 Å². The monoisotopic (exact) mass is 377 g/mol. The van der Waals surface area contributed by atoms with Gasteiger partial charge in [0.2, 0.25) is 5.91 Å². The Morgan fingerprint density at radius 1 is 1.08 bits per heavy atom. The van der Waals surface area contributed by atoms with Crippen molar-refractivity contribution in [3.8, 4) is 0 Å². The third kappa shape index (κ3) is 3.57. The quantitative estimate of drug-likeness (QED) is 0.729. The fourth-order valence-electron chi connectivity index (χ4n) is 2.32. The highest BCUT2D eigenvalue weighted by molar-refractivity contribution is 7.92. The lowest BCUT2D eigenvalue weighted by Gasteiger charge is -2.09. The summed E-state index contributed by atoms with van der Waals surface area (Å²) in [4.78, 5) is 22.6. The van der Waals surface area contributed by atoms with Gasteiger partial charge >= 0.3 is 4.87 Å². The van der Waals surface area contributed by atoms with E-state index in [9.17, 15) is 18.0 Å². The van der Waals surface area contributed by atoms with Gasteiger partial charge in [0, 0.05) is 25.3 Å². The van der Waals surface area contributed by atoms with Gasteiger partial charge in [-0.2, -0.15) is 0 Å². The van der Waals surface area contributed by atoms with Crippen molar-refractivity contribution in [2.24, 2.45) is 7.05 Å². The molecule has 3 rings (SSSR count). The molecule has 2 aromatic carbocycles. The molecule has 130 valence electrons. The molecule has 0 aliphatic rings. The van der Waals surface area contributed by atoms with Gasteiger partial charge in [-0.25, -0.2) is 8.42 Å². The van der Waals surface area contributed by atoms with Gasteiger partial charge in [-0.05, 0) is 42.5 Å². The number of carbonyl (C=O) groups excluding carboxylic acids is 1. The van der Waals surface area contributed by atoms with Gasteiger partial charge in [0.25, 0.3) is 10.0 Å². The van der Waals surface area contributed by atoms with Gasteiger partial charge in [-0.3, -0.25) is 14.3 Å². The third-order valence-electron chi connectivity index (χ3n) is 3.53. The number of carbonyl (C=O) groups is 1. The normalized spacial score (nSPS) is 11.4. The number of nitrogens with zero attached hydrogens (tertiary/aromatic N) is 1. The molecule has 25 heavy (non-hydrogen) atoms. The number of aryl methyl sites for hydroxylation is 1. The van der Waals surface area contributed by atoms with E-state index in [-0.39, 0.29) is 15.7 Å². The molecule has 0 aliphatic carbocycles. The van der Waals surface area contributed by atoms with Crippen molar-refractivity contribution in [2.75, 3.05) is 10.0 Å². The molecule has 2 N–H and O–H groups in total. The molecule has 0 bridgehead atoms. The lowest BCUT2D eigenvalue weighted by Crippen LogP contribution is -2.13. The molecular formula is C16H15N3O4S2. The average Bonchev–Trinajstić information content (AvgIpc) is 2.83. The predicted molar refractivity (Wildman–Crippen MR) is 98.6 cm³/mol. The summed E-state index contributed by atoms with van der Waals surface area (Å²) in [5, 5.41) is 2.61. The van der Waals surface area contributed by atoms with E-state index in [1.54, 1.807) is 37.4 Å². The Labute approximate surface area is 148 Å². The van der Waals surface area contributed by atoms with Crippen LogP contribution in [0.15, 0.2) is 52.2 Å². The number of hydrogen-bond donors (Lipinski definition) is 2. The third-order valence-corrected chi connectivity index (χ3v) is 5.91. The molecular weight excluding hydrogens is 362 g/mol. The van der Waals surface area contributed by atoms with Crippen LogP contribution >= 0.6 is 11.3 Å². The predicted octanol–water partition coefficient (Wildman–Crippen LogP) is 2.36. The van der Waals surface area contributed by atoms with Crippen molar-refractivity contribution in [1.82, 2.24) is 4.57 Å². The molecule has 3 aromatic rings. The smallest absolute Gasteiger partial charge is 0.307 e. The van der Waals surface area contributed by atoms with Crippen molar-refractivity contribution >= 4 is 48.9 Å². The highest BCUT2D eigenvalue weighted by Crippen LogP contribution is 2.23. The maximum atomic E-state index is 12.5. The molecule has 1 aromatic heterocycles. The van der Waals surface area contributed by atoms with Gasteiger partial charge in [0.05, 0.1) is 15.1 Å². The molecule has 0 radical (unpaired) electrons. The first kappa shape index (κ1) is 17.2. The highest BCUT2D eigenvalue weighted by Gasteiger charge is 2.16. The van der Waals surface area contributed by atoms with Crippen LogP contribution in [-0.4, -0.2) is 18.9 Å². The van der Waals surface area contributed by atoms with Gasteiger partial charge in [-0.1, -0.05) is 11.3 Å². The Morgan fingerprint density at radius 2 is 1.72 bits per heavy atom. The number of thiazole rings is 1. The zero-order valence-corrected chi connectivity index (χ0v) is 15.1. The van der Waals surface area contributed by atoms with Crippen LogP contribution in [-0.2, 0) is 21.9 Å². The van der Waals surface area contributed by atoms with Gasteiger partial charge in [0.1, 0.15) is 0 Å². The van der Waals surface area contributed by atoms with Gasteiger partial charge in [0.15, 0.2) is 0 Å². The molecule has 0 fully saturated rings. The number of sulfonamides is 1. The van der Waals surface area contributed by atoms with E-state index in [1.807, 2.05) is 0 Å². The SMILES string of the molecule is CC(=O)Nc1ccc(NS(=O)(=O)c2ccc3c(c2)sc(=O)n3C)cc1. The van der Waals surface area contributed by atoms with E-state index in [1.165, 1.54) is 23.6 Å². The summed E-state index contributed by atoms with van der Waals surface area (Å²) in [6.07, 6.45) is 0. The number of nitrogens with one attached hydrogen (secondary N) is 2. The number of amides is 1. The van der Waals surface area contributed by atoms with Crippen LogP contribution in [0.1, 0.15) is 6.92 Å². The minimum atomic E-state index is -3.79. The number of hydrogen-bond acceptors (Lipinski definition) is 5. The van der Waals surface area contributed by atoms with E-state index >= 15 is 0 Å². The Kier molecular flexibility index (Phi) is 4.36. The summed E-state index contributed by atoms with van der Waals surface area (Å²) >= 11 is 0.998. The fourth-order valence-corrected chi connectivity index (χ4v) is 4.40. The fraction of sp³-hybridized carbons (Fsp3) is 0.125. The minimum absolute atomic E-state index is 0.0767. The van der Waals surface area contributed by atoms with E-state index in [2.05, 4.69) is 10.0 Å². The molecule has 0 saturated heterocycles. The maximum Gasteiger partial charge on any atom is 0.307 e. The summed E-state index contributed by atoms with van der Waals surface area (Å²) in [6.45, 7) is 1.39. The molecule has 0 saturated carbocycles. The standard InChI is InChI=1S/C16H15N3O4S2/c1-10(20)17-11-3-5-12(6-4-11)18-25(22,23)13-7-8-14-15(9-13)24-16(21)19(14)2/h3-9,18H,1-2H3,(H,17,20). The van der Waals surface area contributed by atoms with Crippen LogP contribution in [0.3, 0.4) is 0 Å². The summed E-state index contributed by atoms with van der Waals surface area (Å²) < 4.78 is 29.6. The Hall–Kier alpha value is -2.65. The van der Waals surface area contributed by atoms with Crippen molar-refractivity contribution in [1.29, 1.82) is 0 Å². The van der Waals surface area contributed by atoms with Crippen LogP contribution in [0.25, 0.3) is 10.2 Å². The maximum absolute atomic E-state index is 12.5. The van der Waals surface area contributed by atoms with E-state index in [0.717, 1.165) is 11.3 Å². The molecule has 0 unspecified atom stereocenters. The molecule has 9 heteroatoms. The topological polar surface area (TPSA) is 97.3 Å². The Bertz CT molecular complexity index is 1110. The van der Waals surface area contributed by atoms with Crippen molar-refractivity contribution < 1.29 is 13.2 Å². The molecule has 0 aliphatic heterocycles. The highest BCUT2D eigenvalue weighted by atomic mass is 32.2. The van der Waals surface area contributed by atoms with Crippen LogP contribution < -0.4 is 14.9 Å². The first-order chi connectivity index (χ1) is 11.8. The summed E-state index contributed by atoms with van der Waals surface area (Å²) in [5.41, 5.74) is 1.63. The number of aromatic nitrogens is 1. The average molecular weight is 377 g/mol. The molecule has 1 amide bonds. The van der Waals surface area contributed by atoms with Crippen molar-refractivity contribution in [3.63, 3.8) is 0 Å². The van der Waals surface area contributed by atoms with Crippen LogP contribution in [0.4, 0.5) is 11.4 Å². The summed E-state index contributed by atoms with van der Waals surface area (Å²) in [6, 6.07) is 10.9. The van der Waals surface area contributed by atoms with E-state index in [4.69, 9.17) is 0 Å². The number of fused-ring (bicyclic) bond motifs is 1. The van der Waals surface area contributed by atoms with Crippen molar-refractivity contribution in [3.05, 3.63) is 52.1 Å². The Balaban J connectivity index is 1.88. The summed E-state index contributed by atoms with van der Waals surface area (Å²) in [5.74, 6) is -0.205. The summed E-state index contributed by atoms with van der Waals surface area (Å²) in [7, 11) is -2.14. The van der Waals surface area contributed by atoms with Gasteiger partial charge < -0.3 is 9.88 Å². The first-order valence-electron chi connectivity index (χ1n) is 7.26. The largest absolute Gasteiger partial charge is 0.326 e. The number of anilines is 2. The second-order valence-corrected chi connectivity index (χ2v) is 8.10. The number of rotatable bonds is 4. The first-order valence-corrected chi connectivity index (χ1v) is 9.56.